The lowest BCUT2D eigenvalue weighted by Crippen LogP contribution is -2.38. The average Bonchev–Trinajstić information content (AvgIpc) is 2.72. The fourth-order valence-electron chi connectivity index (χ4n) is 4.40. The molecule has 1 aliphatic carbocycles. The summed E-state index contributed by atoms with van der Waals surface area (Å²) in [6.07, 6.45) is -4.16. The summed E-state index contributed by atoms with van der Waals surface area (Å²) in [5, 5.41) is 2.74. The first-order chi connectivity index (χ1) is 14.3. The van der Waals surface area contributed by atoms with Crippen LogP contribution in [0.5, 0.6) is 5.75 Å². The highest BCUT2D eigenvalue weighted by molar-refractivity contribution is 6.02. The predicted octanol–water partition coefficient (Wildman–Crippen LogP) is 4.72. The lowest BCUT2D eigenvalue weighted by molar-refractivity contribution is -0.138. The Morgan fingerprint density at radius 1 is 0.967 bits per heavy atom. The summed E-state index contributed by atoms with van der Waals surface area (Å²) in [6.45, 7) is 0. The molecule has 0 bridgehead atoms. The number of alkyl halides is 3. The highest BCUT2D eigenvalue weighted by Crippen LogP contribution is 2.45. The average molecular weight is 415 g/mol. The quantitative estimate of drug-likeness (QED) is 0.789. The molecular weight excluding hydrogens is 395 g/mol. The first kappa shape index (κ1) is 20.2. The molecule has 0 saturated heterocycles. The van der Waals surface area contributed by atoms with Crippen molar-refractivity contribution >= 4 is 11.7 Å². The molecule has 0 radical (unpaired) electrons. The van der Waals surface area contributed by atoms with Crippen LogP contribution in [0.3, 0.4) is 0 Å². The number of Topliss-reactive ketones (excluding diaryl/α,β-unsaturated/α-hetero) is 1. The number of halogens is 3. The topological polar surface area (TPSA) is 55.4 Å². The van der Waals surface area contributed by atoms with Gasteiger partial charge < -0.3 is 10.1 Å². The number of methoxy groups -OCH3 is 1. The van der Waals surface area contributed by atoms with Crippen molar-refractivity contribution in [2.75, 3.05) is 7.11 Å². The Morgan fingerprint density at radius 2 is 1.67 bits per heavy atom. The van der Waals surface area contributed by atoms with Crippen molar-refractivity contribution in [3.05, 3.63) is 76.5 Å². The highest BCUT2D eigenvalue weighted by Gasteiger charge is 2.42. The summed E-state index contributed by atoms with van der Waals surface area (Å²) in [6, 6.07) is 12.5. The fraction of sp³-hybridized carbons (Fsp3) is 0.304. The van der Waals surface area contributed by atoms with Crippen molar-refractivity contribution < 1.29 is 27.5 Å². The molecule has 1 N–H and O–H groups in total. The molecule has 7 heteroatoms. The van der Waals surface area contributed by atoms with E-state index < -0.39 is 17.7 Å². The monoisotopic (exact) mass is 415 g/mol. The van der Waals surface area contributed by atoms with Crippen LogP contribution in [0.25, 0.3) is 0 Å². The number of hydrogen-bond acceptors (Lipinski definition) is 3. The number of carbonyl (C=O) groups is 2. The molecule has 156 valence electrons. The molecule has 2 aromatic rings. The highest BCUT2D eigenvalue weighted by atomic mass is 19.4. The lowest BCUT2D eigenvalue weighted by Gasteiger charge is -2.35. The molecule has 4 rings (SSSR count). The maximum absolute atomic E-state index is 13.6. The summed E-state index contributed by atoms with van der Waals surface area (Å²) >= 11 is 0. The maximum Gasteiger partial charge on any atom is 0.416 e. The van der Waals surface area contributed by atoms with Crippen LogP contribution in [0.1, 0.15) is 47.8 Å². The molecule has 2 aromatic carbocycles. The summed E-state index contributed by atoms with van der Waals surface area (Å²) in [7, 11) is 1.56. The number of benzene rings is 2. The molecule has 0 fully saturated rings. The number of rotatable bonds is 3. The third-order valence-electron chi connectivity index (χ3n) is 5.76. The Balaban J connectivity index is 1.73. The minimum absolute atomic E-state index is 0.0244. The molecule has 0 spiro atoms. The Hall–Kier alpha value is -3.09. The van der Waals surface area contributed by atoms with Crippen molar-refractivity contribution in [1.29, 1.82) is 0 Å². The first-order valence-corrected chi connectivity index (χ1v) is 9.64. The van der Waals surface area contributed by atoms with E-state index in [0.717, 1.165) is 11.6 Å². The molecule has 0 saturated carbocycles. The van der Waals surface area contributed by atoms with E-state index in [-0.39, 0.29) is 36.0 Å². The van der Waals surface area contributed by atoms with E-state index in [1.54, 1.807) is 19.2 Å². The van der Waals surface area contributed by atoms with Gasteiger partial charge in [0.05, 0.1) is 12.7 Å². The molecule has 2 atom stereocenters. The first-order valence-electron chi connectivity index (χ1n) is 9.64. The summed E-state index contributed by atoms with van der Waals surface area (Å²) in [5.74, 6) is -0.955. The van der Waals surface area contributed by atoms with Gasteiger partial charge in [-0.1, -0.05) is 30.3 Å². The van der Waals surface area contributed by atoms with Gasteiger partial charge >= 0.3 is 6.18 Å². The number of nitrogens with one attached hydrogen (secondary N) is 1. The van der Waals surface area contributed by atoms with Crippen LogP contribution in [0, 0.1) is 0 Å². The zero-order chi connectivity index (χ0) is 21.5. The third-order valence-corrected chi connectivity index (χ3v) is 5.76. The van der Waals surface area contributed by atoms with Gasteiger partial charge in [0.15, 0.2) is 5.78 Å². The van der Waals surface area contributed by atoms with Crippen molar-refractivity contribution in [2.24, 2.45) is 0 Å². The Bertz CT molecular complexity index is 1020. The minimum Gasteiger partial charge on any atom is -0.497 e. The molecule has 4 nitrogen and oxygen atoms in total. The zero-order valence-electron chi connectivity index (χ0n) is 16.3. The van der Waals surface area contributed by atoms with Crippen LogP contribution >= 0.6 is 0 Å². The van der Waals surface area contributed by atoms with E-state index >= 15 is 0 Å². The van der Waals surface area contributed by atoms with Gasteiger partial charge in [0.1, 0.15) is 5.75 Å². The van der Waals surface area contributed by atoms with Gasteiger partial charge in [-0.05, 0) is 41.7 Å². The van der Waals surface area contributed by atoms with Gasteiger partial charge in [-0.2, -0.15) is 13.2 Å². The van der Waals surface area contributed by atoms with E-state index in [1.807, 2.05) is 12.1 Å². The summed E-state index contributed by atoms with van der Waals surface area (Å²) in [4.78, 5) is 25.4. The number of ketones is 1. The maximum atomic E-state index is 13.6. The van der Waals surface area contributed by atoms with Gasteiger partial charge in [0.25, 0.3) is 0 Å². The molecule has 30 heavy (non-hydrogen) atoms. The minimum atomic E-state index is -4.56. The van der Waals surface area contributed by atoms with E-state index in [2.05, 4.69) is 5.32 Å². The van der Waals surface area contributed by atoms with Gasteiger partial charge in [-0.15, -0.1) is 0 Å². The lowest BCUT2D eigenvalue weighted by atomic mass is 9.72. The van der Waals surface area contributed by atoms with Gasteiger partial charge in [0.2, 0.25) is 5.91 Å². The van der Waals surface area contributed by atoms with Crippen LogP contribution in [-0.4, -0.2) is 18.8 Å². The standard InChI is InChI=1S/C23H20F3NO3/c1-30-15-8-6-13(7-9-15)14-10-19-22(20(28)11-14)17(12-21(29)27-19)16-4-2-3-5-18(16)23(24,25)26/h2-9,14,17H,10-12H2,1H3,(H,27,29)/t14-,17+/m1/s1. The molecule has 1 heterocycles. The van der Waals surface area contributed by atoms with Crippen molar-refractivity contribution in [3.63, 3.8) is 0 Å². The van der Waals surface area contributed by atoms with Crippen molar-refractivity contribution in [1.82, 2.24) is 5.32 Å². The van der Waals surface area contributed by atoms with Crippen LogP contribution < -0.4 is 10.1 Å². The smallest absolute Gasteiger partial charge is 0.416 e. The van der Waals surface area contributed by atoms with Crippen molar-refractivity contribution in [3.8, 4) is 5.75 Å². The Morgan fingerprint density at radius 3 is 2.33 bits per heavy atom. The van der Waals surface area contributed by atoms with Crippen LogP contribution in [-0.2, 0) is 15.8 Å². The molecule has 2 aliphatic rings. The van der Waals surface area contributed by atoms with E-state index in [0.29, 0.717) is 23.4 Å². The second-order valence-electron chi connectivity index (χ2n) is 7.58. The fourth-order valence-corrected chi connectivity index (χ4v) is 4.40. The van der Waals surface area contributed by atoms with E-state index in [1.165, 1.54) is 18.2 Å². The molecular formula is C23H20F3NO3. The number of amides is 1. The van der Waals surface area contributed by atoms with E-state index in [9.17, 15) is 22.8 Å². The zero-order valence-corrected chi connectivity index (χ0v) is 16.3. The molecule has 1 aliphatic heterocycles. The van der Waals surface area contributed by atoms with Gasteiger partial charge in [0, 0.05) is 30.0 Å². The summed E-state index contributed by atoms with van der Waals surface area (Å²) in [5.41, 5.74) is 0.828. The van der Waals surface area contributed by atoms with Crippen LogP contribution in [0.15, 0.2) is 59.8 Å². The number of allylic oxidation sites excluding steroid dienone is 2. The Labute approximate surface area is 171 Å². The second kappa shape index (κ2) is 7.63. The van der Waals surface area contributed by atoms with Gasteiger partial charge in [-0.3, -0.25) is 9.59 Å². The van der Waals surface area contributed by atoms with Crippen LogP contribution in [0.2, 0.25) is 0 Å². The normalized spacial score (nSPS) is 21.9. The number of ether oxygens (including phenoxy) is 1. The predicted molar refractivity (Wildman–Crippen MR) is 104 cm³/mol. The third kappa shape index (κ3) is 3.72. The summed E-state index contributed by atoms with van der Waals surface area (Å²) < 4.78 is 45.8. The van der Waals surface area contributed by atoms with Crippen LogP contribution in [0.4, 0.5) is 13.2 Å². The molecule has 0 unspecified atom stereocenters. The Kier molecular flexibility index (Phi) is 5.13. The van der Waals surface area contributed by atoms with Gasteiger partial charge in [-0.25, -0.2) is 0 Å². The number of hydrogen-bond donors (Lipinski definition) is 1. The molecule has 1 amide bonds. The molecule has 0 aromatic heterocycles. The largest absolute Gasteiger partial charge is 0.497 e. The number of carbonyl (C=O) groups excluding carboxylic acids is 2. The van der Waals surface area contributed by atoms with E-state index in [4.69, 9.17) is 4.74 Å². The van der Waals surface area contributed by atoms with Crippen molar-refractivity contribution in [2.45, 2.75) is 37.3 Å². The second-order valence-corrected chi connectivity index (χ2v) is 7.58. The SMILES string of the molecule is COc1ccc([C@H]2CC(=O)C3=C(C2)NC(=O)C[C@H]3c2ccccc2C(F)(F)F)cc1.